The molecule has 3 nitrogen and oxygen atoms in total. The third-order valence-corrected chi connectivity index (χ3v) is 3.08. The number of pyridine rings is 1. The van der Waals surface area contributed by atoms with Gasteiger partial charge in [0, 0.05) is 11.8 Å². The van der Waals surface area contributed by atoms with Gasteiger partial charge in [-0.05, 0) is 36.6 Å². The molecule has 0 unspecified atom stereocenters. The molecule has 1 fully saturated rings. The second-order valence-electron chi connectivity index (χ2n) is 4.43. The average Bonchev–Trinajstić information content (AvgIpc) is 3.17. The zero-order valence-corrected chi connectivity index (χ0v) is 10.5. The molecule has 1 saturated carbocycles. The fourth-order valence-electron chi connectivity index (χ4n) is 1.77. The lowest BCUT2D eigenvalue weighted by molar-refractivity contribution is 0.303. The van der Waals surface area contributed by atoms with E-state index in [1.54, 1.807) is 6.20 Å². The number of nitrogens with two attached hydrogens (primary N) is 1. The van der Waals surface area contributed by atoms with Crippen molar-refractivity contribution < 1.29 is 4.74 Å². The standard InChI is InChI=1S/C14H13ClN2O/c15-10-7-13(14(16)17-8-10)9-1-3-11(4-2-9)18-12-5-6-12/h1-4,7-8,12H,5-6H2,(H2,16,17). The molecule has 92 valence electrons. The van der Waals surface area contributed by atoms with Crippen LogP contribution in [0, 0.1) is 0 Å². The van der Waals surface area contributed by atoms with E-state index in [-0.39, 0.29) is 0 Å². The van der Waals surface area contributed by atoms with Gasteiger partial charge in [0.2, 0.25) is 0 Å². The van der Waals surface area contributed by atoms with Crippen LogP contribution < -0.4 is 10.5 Å². The van der Waals surface area contributed by atoms with Crippen molar-refractivity contribution in [2.45, 2.75) is 18.9 Å². The Morgan fingerprint density at radius 2 is 1.94 bits per heavy atom. The van der Waals surface area contributed by atoms with Gasteiger partial charge >= 0.3 is 0 Å². The highest BCUT2D eigenvalue weighted by atomic mass is 35.5. The third kappa shape index (κ3) is 2.41. The Morgan fingerprint density at radius 3 is 2.61 bits per heavy atom. The molecule has 1 aromatic heterocycles. The summed E-state index contributed by atoms with van der Waals surface area (Å²) in [5.41, 5.74) is 7.69. The van der Waals surface area contributed by atoms with Crippen LogP contribution in [0.25, 0.3) is 11.1 Å². The Bertz CT molecular complexity index is 565. The highest BCUT2D eigenvalue weighted by molar-refractivity contribution is 6.30. The minimum absolute atomic E-state index is 0.411. The summed E-state index contributed by atoms with van der Waals surface area (Å²) >= 11 is 5.93. The van der Waals surface area contributed by atoms with Crippen molar-refractivity contribution >= 4 is 17.4 Å². The maximum absolute atomic E-state index is 5.93. The molecule has 0 atom stereocenters. The number of halogens is 1. The molecule has 3 rings (SSSR count). The lowest BCUT2D eigenvalue weighted by Gasteiger charge is -2.08. The van der Waals surface area contributed by atoms with Gasteiger partial charge in [0.15, 0.2) is 0 Å². The van der Waals surface area contributed by atoms with Gasteiger partial charge in [-0.2, -0.15) is 0 Å². The smallest absolute Gasteiger partial charge is 0.131 e. The SMILES string of the molecule is Nc1ncc(Cl)cc1-c1ccc(OC2CC2)cc1. The highest BCUT2D eigenvalue weighted by Gasteiger charge is 2.23. The molecule has 1 aliphatic carbocycles. The summed E-state index contributed by atoms with van der Waals surface area (Å²) in [6, 6.07) is 9.67. The second kappa shape index (κ2) is 4.50. The van der Waals surface area contributed by atoms with Crippen LogP contribution in [0.3, 0.4) is 0 Å². The van der Waals surface area contributed by atoms with Crippen molar-refractivity contribution in [2.24, 2.45) is 0 Å². The van der Waals surface area contributed by atoms with E-state index in [1.807, 2.05) is 30.3 Å². The lowest BCUT2D eigenvalue weighted by Crippen LogP contribution is -1.96. The molecule has 0 aliphatic heterocycles. The molecule has 0 bridgehead atoms. The number of benzene rings is 1. The van der Waals surface area contributed by atoms with Gasteiger partial charge in [-0.15, -0.1) is 0 Å². The molecule has 2 N–H and O–H groups in total. The van der Waals surface area contributed by atoms with Crippen LogP contribution in [-0.2, 0) is 0 Å². The van der Waals surface area contributed by atoms with E-state index in [9.17, 15) is 0 Å². The van der Waals surface area contributed by atoms with Crippen LogP contribution in [0.15, 0.2) is 36.5 Å². The van der Waals surface area contributed by atoms with Crippen LogP contribution >= 0.6 is 11.6 Å². The monoisotopic (exact) mass is 260 g/mol. The first-order valence-corrected chi connectivity index (χ1v) is 6.28. The minimum Gasteiger partial charge on any atom is -0.490 e. The summed E-state index contributed by atoms with van der Waals surface area (Å²) in [5.74, 6) is 1.38. The molecule has 0 spiro atoms. The molecule has 4 heteroatoms. The molecule has 1 heterocycles. The summed E-state index contributed by atoms with van der Waals surface area (Å²) in [5, 5.41) is 0.581. The summed E-state index contributed by atoms with van der Waals surface area (Å²) < 4.78 is 5.70. The van der Waals surface area contributed by atoms with Gasteiger partial charge < -0.3 is 10.5 Å². The van der Waals surface area contributed by atoms with Gasteiger partial charge in [-0.25, -0.2) is 4.98 Å². The first-order chi connectivity index (χ1) is 8.72. The number of rotatable bonds is 3. The molecule has 1 aliphatic rings. The Hall–Kier alpha value is -1.74. The summed E-state index contributed by atoms with van der Waals surface area (Å²) in [4.78, 5) is 4.05. The van der Waals surface area contributed by atoms with Gasteiger partial charge in [0.25, 0.3) is 0 Å². The summed E-state index contributed by atoms with van der Waals surface area (Å²) in [6.45, 7) is 0. The molecule has 18 heavy (non-hydrogen) atoms. The zero-order valence-electron chi connectivity index (χ0n) is 9.77. The Kier molecular flexibility index (Phi) is 2.84. The Labute approximate surface area is 111 Å². The van der Waals surface area contributed by atoms with E-state index in [1.165, 1.54) is 0 Å². The first kappa shape index (κ1) is 11.4. The molecule has 0 amide bonds. The fraction of sp³-hybridized carbons (Fsp3) is 0.214. The number of nitrogen functional groups attached to an aromatic ring is 1. The first-order valence-electron chi connectivity index (χ1n) is 5.90. The number of hydrogen-bond donors (Lipinski definition) is 1. The number of nitrogens with zero attached hydrogens (tertiary/aromatic N) is 1. The molecule has 1 aromatic carbocycles. The van der Waals surface area contributed by atoms with E-state index < -0.39 is 0 Å². The van der Waals surface area contributed by atoms with Crippen molar-refractivity contribution in [1.29, 1.82) is 0 Å². The van der Waals surface area contributed by atoms with Crippen LogP contribution in [0.2, 0.25) is 5.02 Å². The number of anilines is 1. The van der Waals surface area contributed by atoms with Crippen LogP contribution in [0.4, 0.5) is 5.82 Å². The normalized spacial score (nSPS) is 14.5. The predicted molar refractivity (Wildman–Crippen MR) is 72.7 cm³/mol. The largest absolute Gasteiger partial charge is 0.490 e. The Balaban J connectivity index is 1.88. The number of aromatic nitrogens is 1. The van der Waals surface area contributed by atoms with E-state index >= 15 is 0 Å². The van der Waals surface area contributed by atoms with E-state index in [4.69, 9.17) is 22.1 Å². The lowest BCUT2D eigenvalue weighted by atomic mass is 10.1. The topological polar surface area (TPSA) is 48.1 Å². The summed E-state index contributed by atoms with van der Waals surface area (Å²) in [7, 11) is 0. The van der Waals surface area contributed by atoms with Crippen molar-refractivity contribution in [3.8, 4) is 16.9 Å². The molecular formula is C14H13ClN2O. The quantitative estimate of drug-likeness (QED) is 0.918. The van der Waals surface area contributed by atoms with E-state index in [2.05, 4.69) is 4.98 Å². The van der Waals surface area contributed by atoms with Crippen molar-refractivity contribution in [3.05, 3.63) is 41.6 Å². The predicted octanol–water partition coefficient (Wildman–Crippen LogP) is 3.53. The number of ether oxygens (including phenoxy) is 1. The molecular weight excluding hydrogens is 248 g/mol. The third-order valence-electron chi connectivity index (χ3n) is 2.88. The van der Waals surface area contributed by atoms with E-state index in [0.29, 0.717) is 16.9 Å². The van der Waals surface area contributed by atoms with Gasteiger partial charge in [0.05, 0.1) is 11.1 Å². The molecule has 0 saturated heterocycles. The van der Waals surface area contributed by atoms with Gasteiger partial charge in [-0.1, -0.05) is 23.7 Å². The van der Waals surface area contributed by atoms with Crippen molar-refractivity contribution in [2.75, 3.05) is 5.73 Å². The van der Waals surface area contributed by atoms with Crippen LogP contribution in [0.1, 0.15) is 12.8 Å². The minimum atomic E-state index is 0.411. The number of hydrogen-bond acceptors (Lipinski definition) is 3. The van der Waals surface area contributed by atoms with Crippen LogP contribution in [-0.4, -0.2) is 11.1 Å². The highest BCUT2D eigenvalue weighted by Crippen LogP contribution is 2.31. The van der Waals surface area contributed by atoms with Crippen molar-refractivity contribution in [1.82, 2.24) is 4.98 Å². The van der Waals surface area contributed by atoms with Crippen LogP contribution in [0.5, 0.6) is 5.75 Å². The fourth-order valence-corrected chi connectivity index (χ4v) is 1.93. The average molecular weight is 261 g/mol. The Morgan fingerprint density at radius 1 is 1.22 bits per heavy atom. The maximum atomic E-state index is 5.93. The second-order valence-corrected chi connectivity index (χ2v) is 4.86. The van der Waals surface area contributed by atoms with Crippen molar-refractivity contribution in [3.63, 3.8) is 0 Å². The summed E-state index contributed by atoms with van der Waals surface area (Å²) in [6.07, 6.45) is 4.28. The van der Waals surface area contributed by atoms with E-state index in [0.717, 1.165) is 29.7 Å². The zero-order chi connectivity index (χ0) is 12.5. The van der Waals surface area contributed by atoms with Gasteiger partial charge in [0.1, 0.15) is 11.6 Å². The van der Waals surface area contributed by atoms with Gasteiger partial charge in [-0.3, -0.25) is 0 Å². The molecule has 2 aromatic rings. The molecule has 0 radical (unpaired) electrons. The maximum Gasteiger partial charge on any atom is 0.131 e.